The largest absolute Gasteiger partial charge is 0.346 e. The molecular formula is C31H31N5. The molecule has 5 nitrogen and oxygen atoms in total. The minimum atomic E-state index is 0.523. The van der Waals surface area contributed by atoms with E-state index in [0.717, 1.165) is 60.9 Å². The monoisotopic (exact) mass is 473 g/mol. The van der Waals surface area contributed by atoms with Gasteiger partial charge in [-0.1, -0.05) is 91.9 Å². The molecule has 36 heavy (non-hydrogen) atoms. The summed E-state index contributed by atoms with van der Waals surface area (Å²) in [5.41, 5.74) is 5.66. The number of anilines is 2. The molecule has 0 bridgehead atoms. The zero-order valence-corrected chi connectivity index (χ0v) is 20.7. The van der Waals surface area contributed by atoms with Gasteiger partial charge in [-0.3, -0.25) is 0 Å². The van der Waals surface area contributed by atoms with Crippen LogP contribution in [0.3, 0.4) is 0 Å². The Morgan fingerprint density at radius 1 is 0.861 bits per heavy atom. The summed E-state index contributed by atoms with van der Waals surface area (Å²) in [7, 11) is 0. The molecule has 1 aliphatic rings. The highest BCUT2D eigenvalue weighted by Crippen LogP contribution is 2.37. The van der Waals surface area contributed by atoms with Gasteiger partial charge in [-0.15, -0.1) is 6.58 Å². The molecule has 0 aliphatic carbocycles. The Balaban J connectivity index is 1.58. The summed E-state index contributed by atoms with van der Waals surface area (Å²) in [6.45, 7) is 10.5. The molecule has 1 atom stereocenters. The number of imidazole rings is 1. The van der Waals surface area contributed by atoms with Crippen molar-refractivity contribution in [1.29, 1.82) is 0 Å². The van der Waals surface area contributed by atoms with Crippen molar-refractivity contribution in [2.45, 2.75) is 26.6 Å². The number of pyridine rings is 1. The van der Waals surface area contributed by atoms with Gasteiger partial charge in [0.15, 0.2) is 5.82 Å². The maximum Gasteiger partial charge on any atom is 0.207 e. The number of hydrogen-bond donors (Lipinski definition) is 0. The molecule has 180 valence electrons. The Labute approximate surface area is 212 Å². The minimum Gasteiger partial charge on any atom is -0.346 e. The number of benzene rings is 3. The van der Waals surface area contributed by atoms with Gasteiger partial charge in [0.05, 0.1) is 11.0 Å². The standard InChI is InChI=1S/C31H31N5/c1-3-18-34-19-23(2)20-36-29-26-16-10-11-17-27(26)32-30(28(29)33-31(34)36)35(21-24-12-6-4-7-13-24)22-25-14-8-5-9-15-25/h3-17,23H,1,18-22H2,2H3. The molecule has 1 unspecified atom stereocenters. The second-order valence-electron chi connectivity index (χ2n) is 9.80. The molecule has 0 saturated carbocycles. The smallest absolute Gasteiger partial charge is 0.207 e. The van der Waals surface area contributed by atoms with Gasteiger partial charge in [-0.25, -0.2) is 9.97 Å². The van der Waals surface area contributed by atoms with Crippen LogP contribution in [0.1, 0.15) is 18.1 Å². The van der Waals surface area contributed by atoms with E-state index in [-0.39, 0.29) is 0 Å². The van der Waals surface area contributed by atoms with E-state index in [2.05, 4.69) is 113 Å². The van der Waals surface area contributed by atoms with Crippen molar-refractivity contribution in [2.24, 2.45) is 5.92 Å². The SMILES string of the molecule is C=CCN1CC(C)Cn2c1nc1c(N(Cc3ccccc3)Cc3ccccc3)nc3ccccc3c12. The van der Waals surface area contributed by atoms with Gasteiger partial charge in [-0.2, -0.15) is 0 Å². The number of hydrogen-bond acceptors (Lipinski definition) is 4. The molecule has 0 amide bonds. The maximum atomic E-state index is 5.28. The first-order valence-electron chi connectivity index (χ1n) is 12.7. The van der Waals surface area contributed by atoms with E-state index in [1.54, 1.807) is 0 Å². The molecule has 5 aromatic rings. The summed E-state index contributed by atoms with van der Waals surface area (Å²) in [6.07, 6.45) is 1.97. The van der Waals surface area contributed by atoms with Crippen LogP contribution in [0.15, 0.2) is 97.6 Å². The topological polar surface area (TPSA) is 37.2 Å². The quantitative estimate of drug-likeness (QED) is 0.255. The maximum absolute atomic E-state index is 5.28. The molecule has 0 N–H and O–H groups in total. The van der Waals surface area contributed by atoms with Crippen LogP contribution in [0.4, 0.5) is 11.8 Å². The molecule has 2 aromatic heterocycles. The number of aromatic nitrogens is 3. The summed E-state index contributed by atoms with van der Waals surface area (Å²) in [5.74, 6) is 2.47. The number of nitrogens with zero attached hydrogens (tertiary/aromatic N) is 5. The minimum absolute atomic E-state index is 0.523. The lowest BCUT2D eigenvalue weighted by Crippen LogP contribution is -2.37. The fourth-order valence-electron chi connectivity index (χ4n) is 5.40. The van der Waals surface area contributed by atoms with Crippen LogP contribution in [-0.2, 0) is 19.6 Å². The van der Waals surface area contributed by atoms with Crippen molar-refractivity contribution in [3.63, 3.8) is 0 Å². The van der Waals surface area contributed by atoms with Crippen LogP contribution >= 0.6 is 0 Å². The highest BCUT2D eigenvalue weighted by atomic mass is 15.3. The van der Waals surface area contributed by atoms with E-state index >= 15 is 0 Å². The molecule has 0 spiro atoms. The third-order valence-corrected chi connectivity index (χ3v) is 6.94. The molecule has 1 aliphatic heterocycles. The average molecular weight is 474 g/mol. The van der Waals surface area contributed by atoms with Crippen molar-refractivity contribution >= 4 is 33.7 Å². The second kappa shape index (κ2) is 9.50. The Hall–Kier alpha value is -4.12. The van der Waals surface area contributed by atoms with Crippen LogP contribution in [0.25, 0.3) is 21.9 Å². The van der Waals surface area contributed by atoms with Crippen LogP contribution in [0, 0.1) is 5.92 Å². The van der Waals surface area contributed by atoms with Crippen LogP contribution in [0.2, 0.25) is 0 Å². The molecule has 0 radical (unpaired) electrons. The van der Waals surface area contributed by atoms with Gasteiger partial charge >= 0.3 is 0 Å². The van der Waals surface area contributed by atoms with Gasteiger partial charge in [0.1, 0.15) is 5.52 Å². The van der Waals surface area contributed by atoms with Crippen molar-refractivity contribution in [2.75, 3.05) is 22.9 Å². The third kappa shape index (κ3) is 4.11. The predicted octanol–water partition coefficient (Wildman–Crippen LogP) is 6.43. The molecular weight excluding hydrogens is 442 g/mol. The molecule has 3 heterocycles. The van der Waals surface area contributed by atoms with Gasteiger partial charge in [-0.05, 0) is 23.1 Å². The lowest BCUT2D eigenvalue weighted by Gasteiger charge is -2.32. The Morgan fingerprint density at radius 3 is 2.17 bits per heavy atom. The van der Waals surface area contributed by atoms with Gasteiger partial charge in [0.2, 0.25) is 5.95 Å². The number of para-hydroxylation sites is 1. The first-order valence-corrected chi connectivity index (χ1v) is 12.7. The van der Waals surface area contributed by atoms with Crippen molar-refractivity contribution in [1.82, 2.24) is 14.5 Å². The Bertz CT molecular complexity index is 1460. The second-order valence-corrected chi connectivity index (χ2v) is 9.80. The first-order chi connectivity index (χ1) is 17.7. The summed E-state index contributed by atoms with van der Waals surface area (Å²) < 4.78 is 2.41. The van der Waals surface area contributed by atoms with Gasteiger partial charge in [0.25, 0.3) is 0 Å². The van der Waals surface area contributed by atoms with E-state index in [0.29, 0.717) is 5.92 Å². The fourth-order valence-corrected chi connectivity index (χ4v) is 5.40. The van der Waals surface area contributed by atoms with E-state index in [4.69, 9.17) is 9.97 Å². The average Bonchev–Trinajstić information content (AvgIpc) is 3.29. The molecule has 3 aromatic carbocycles. The summed E-state index contributed by atoms with van der Waals surface area (Å²) in [6, 6.07) is 29.7. The fraction of sp³-hybridized carbons (Fsp3) is 0.226. The van der Waals surface area contributed by atoms with Crippen molar-refractivity contribution < 1.29 is 0 Å². The van der Waals surface area contributed by atoms with E-state index in [1.807, 2.05) is 6.08 Å². The summed E-state index contributed by atoms with van der Waals surface area (Å²) in [5, 5.41) is 1.15. The lowest BCUT2D eigenvalue weighted by molar-refractivity contribution is 0.445. The highest BCUT2D eigenvalue weighted by molar-refractivity contribution is 6.08. The number of fused-ring (bicyclic) bond motifs is 5. The van der Waals surface area contributed by atoms with E-state index in [9.17, 15) is 0 Å². The number of rotatable bonds is 7. The molecule has 0 saturated heterocycles. The van der Waals surface area contributed by atoms with E-state index in [1.165, 1.54) is 16.6 Å². The third-order valence-electron chi connectivity index (χ3n) is 6.94. The summed E-state index contributed by atoms with van der Waals surface area (Å²) in [4.78, 5) is 15.2. The molecule has 6 rings (SSSR count). The normalized spacial score (nSPS) is 15.2. The van der Waals surface area contributed by atoms with Crippen LogP contribution in [-0.4, -0.2) is 27.6 Å². The van der Waals surface area contributed by atoms with Gasteiger partial charge in [0, 0.05) is 38.1 Å². The molecule has 5 heteroatoms. The van der Waals surface area contributed by atoms with Crippen LogP contribution < -0.4 is 9.80 Å². The van der Waals surface area contributed by atoms with Crippen molar-refractivity contribution in [3.05, 3.63) is 109 Å². The zero-order valence-electron chi connectivity index (χ0n) is 20.7. The van der Waals surface area contributed by atoms with Crippen molar-refractivity contribution in [3.8, 4) is 0 Å². The van der Waals surface area contributed by atoms with E-state index < -0.39 is 0 Å². The first kappa shape index (κ1) is 22.4. The highest BCUT2D eigenvalue weighted by Gasteiger charge is 2.28. The lowest BCUT2D eigenvalue weighted by atomic mass is 10.1. The zero-order chi connectivity index (χ0) is 24.5. The molecule has 0 fully saturated rings. The predicted molar refractivity (Wildman–Crippen MR) is 149 cm³/mol. The van der Waals surface area contributed by atoms with Crippen LogP contribution in [0.5, 0.6) is 0 Å². The Kier molecular flexibility index (Phi) is 5.90. The Morgan fingerprint density at radius 2 is 1.50 bits per heavy atom. The summed E-state index contributed by atoms with van der Waals surface area (Å²) >= 11 is 0. The van der Waals surface area contributed by atoms with Gasteiger partial charge < -0.3 is 14.4 Å².